The average Bonchev–Trinajstić information content (AvgIpc) is 3.35. The average molecular weight is 474 g/mol. The summed E-state index contributed by atoms with van der Waals surface area (Å²) in [7, 11) is 0. The second kappa shape index (κ2) is 13.6. The van der Waals surface area contributed by atoms with Crippen molar-refractivity contribution in [2.75, 3.05) is 37.7 Å². The SMILES string of the molecule is O=C(O)C(=O)O.c1ccc2c(C(CSCCN3CCCCC3)CC3CCCO3)cccc2c1. The smallest absolute Gasteiger partial charge is 0.414 e. The first kappa shape index (κ1) is 25.5. The van der Waals surface area contributed by atoms with Crippen molar-refractivity contribution in [2.24, 2.45) is 0 Å². The maximum absolute atomic E-state index is 9.10. The van der Waals surface area contributed by atoms with Gasteiger partial charge in [-0.15, -0.1) is 0 Å². The minimum absolute atomic E-state index is 0.455. The lowest BCUT2D eigenvalue weighted by Gasteiger charge is -2.27. The lowest BCUT2D eigenvalue weighted by atomic mass is 9.90. The number of benzene rings is 2. The third kappa shape index (κ3) is 8.32. The van der Waals surface area contributed by atoms with Gasteiger partial charge in [0.2, 0.25) is 0 Å². The van der Waals surface area contributed by atoms with E-state index in [-0.39, 0.29) is 0 Å². The summed E-state index contributed by atoms with van der Waals surface area (Å²) in [6.07, 6.45) is 8.30. The number of ether oxygens (including phenoxy) is 1. The maximum atomic E-state index is 9.10. The Kier molecular flexibility index (Phi) is 10.5. The van der Waals surface area contributed by atoms with E-state index in [1.54, 1.807) is 0 Å². The van der Waals surface area contributed by atoms with Crippen molar-refractivity contribution < 1.29 is 24.5 Å². The number of carboxylic acid groups (broad SMARTS) is 2. The van der Waals surface area contributed by atoms with Gasteiger partial charge in [0.1, 0.15) is 0 Å². The minimum atomic E-state index is -1.82. The molecule has 2 unspecified atom stereocenters. The fourth-order valence-corrected chi connectivity index (χ4v) is 5.80. The summed E-state index contributed by atoms with van der Waals surface area (Å²) in [5.74, 6) is -0.593. The molecule has 7 heteroatoms. The van der Waals surface area contributed by atoms with E-state index in [1.807, 2.05) is 0 Å². The maximum Gasteiger partial charge on any atom is 0.414 e. The molecule has 2 saturated heterocycles. The zero-order valence-corrected chi connectivity index (χ0v) is 20.0. The van der Waals surface area contributed by atoms with Crippen LogP contribution >= 0.6 is 11.8 Å². The highest BCUT2D eigenvalue weighted by atomic mass is 32.2. The Hall–Kier alpha value is -2.09. The molecule has 33 heavy (non-hydrogen) atoms. The normalized spacial score (nSPS) is 19.6. The number of carbonyl (C=O) groups is 2. The van der Waals surface area contributed by atoms with Crippen molar-refractivity contribution in [2.45, 2.75) is 50.5 Å². The monoisotopic (exact) mass is 473 g/mol. The number of rotatable bonds is 8. The van der Waals surface area contributed by atoms with Gasteiger partial charge in [0.05, 0.1) is 6.10 Å². The van der Waals surface area contributed by atoms with Crippen LogP contribution in [0.2, 0.25) is 0 Å². The van der Waals surface area contributed by atoms with Gasteiger partial charge in [-0.25, -0.2) is 9.59 Å². The van der Waals surface area contributed by atoms with Crippen LogP contribution in [-0.2, 0) is 14.3 Å². The highest BCUT2D eigenvalue weighted by Crippen LogP contribution is 2.34. The molecule has 0 amide bonds. The molecule has 2 aliphatic rings. The summed E-state index contributed by atoms with van der Waals surface area (Å²) in [5.41, 5.74) is 1.52. The first-order valence-electron chi connectivity index (χ1n) is 11.9. The van der Waals surface area contributed by atoms with Gasteiger partial charge in [-0.1, -0.05) is 48.9 Å². The van der Waals surface area contributed by atoms with Crippen LogP contribution in [0.5, 0.6) is 0 Å². The van der Waals surface area contributed by atoms with Crippen molar-refractivity contribution >= 4 is 34.5 Å². The van der Waals surface area contributed by atoms with Gasteiger partial charge in [-0.05, 0) is 67.4 Å². The Morgan fingerprint density at radius 2 is 1.73 bits per heavy atom. The second-order valence-electron chi connectivity index (χ2n) is 8.72. The molecule has 0 aliphatic carbocycles. The van der Waals surface area contributed by atoms with Crippen LogP contribution < -0.4 is 0 Å². The first-order valence-corrected chi connectivity index (χ1v) is 13.1. The van der Waals surface area contributed by atoms with E-state index in [1.165, 1.54) is 86.0 Å². The third-order valence-electron chi connectivity index (χ3n) is 6.34. The van der Waals surface area contributed by atoms with Crippen LogP contribution in [0.3, 0.4) is 0 Å². The van der Waals surface area contributed by atoms with Crippen molar-refractivity contribution in [3.05, 3.63) is 48.0 Å². The third-order valence-corrected chi connectivity index (χ3v) is 7.45. The van der Waals surface area contributed by atoms with Crippen molar-refractivity contribution in [3.63, 3.8) is 0 Å². The molecule has 0 spiro atoms. The van der Waals surface area contributed by atoms with Crippen LogP contribution in [0.15, 0.2) is 42.5 Å². The fraction of sp³-hybridized carbons (Fsp3) is 0.538. The molecule has 2 heterocycles. The molecule has 2 aromatic rings. The van der Waals surface area contributed by atoms with E-state index in [2.05, 4.69) is 59.1 Å². The molecule has 0 bridgehead atoms. The summed E-state index contributed by atoms with van der Waals surface area (Å²) in [6, 6.07) is 15.7. The van der Waals surface area contributed by atoms with Crippen molar-refractivity contribution in [1.29, 1.82) is 0 Å². The number of hydrogen-bond donors (Lipinski definition) is 2. The summed E-state index contributed by atoms with van der Waals surface area (Å²) in [4.78, 5) is 20.9. The predicted molar refractivity (Wildman–Crippen MR) is 133 cm³/mol. The number of carboxylic acids is 2. The Bertz CT molecular complexity index is 876. The molecule has 0 aromatic heterocycles. The van der Waals surface area contributed by atoms with Crippen molar-refractivity contribution in [1.82, 2.24) is 4.90 Å². The lowest BCUT2D eigenvalue weighted by molar-refractivity contribution is -0.159. The molecule has 4 rings (SSSR count). The van der Waals surface area contributed by atoms with Gasteiger partial charge in [-0.2, -0.15) is 11.8 Å². The number of hydrogen-bond acceptors (Lipinski definition) is 5. The highest BCUT2D eigenvalue weighted by molar-refractivity contribution is 7.99. The van der Waals surface area contributed by atoms with E-state index in [4.69, 9.17) is 24.5 Å². The molecular formula is C26H35NO5S. The molecular weight excluding hydrogens is 438 g/mol. The molecule has 2 aliphatic heterocycles. The Balaban J connectivity index is 0.000000454. The quantitative estimate of drug-likeness (QED) is 0.418. The number of thioether (sulfide) groups is 1. The fourth-order valence-electron chi connectivity index (χ4n) is 4.64. The van der Waals surface area contributed by atoms with Gasteiger partial charge in [0.15, 0.2) is 0 Å². The lowest BCUT2D eigenvalue weighted by Crippen LogP contribution is -2.31. The number of nitrogens with zero attached hydrogens (tertiary/aromatic N) is 1. The largest absolute Gasteiger partial charge is 0.473 e. The zero-order valence-electron chi connectivity index (χ0n) is 19.2. The predicted octanol–water partition coefficient (Wildman–Crippen LogP) is 4.87. The van der Waals surface area contributed by atoms with Crippen LogP contribution in [0.4, 0.5) is 0 Å². The molecule has 6 nitrogen and oxygen atoms in total. The topological polar surface area (TPSA) is 87.1 Å². The van der Waals surface area contributed by atoms with E-state index in [9.17, 15) is 0 Å². The molecule has 2 atom stereocenters. The Morgan fingerprint density at radius 3 is 2.42 bits per heavy atom. The Morgan fingerprint density at radius 1 is 1.00 bits per heavy atom. The first-order chi connectivity index (χ1) is 16.0. The number of piperidine rings is 1. The van der Waals surface area contributed by atoms with Crippen molar-refractivity contribution in [3.8, 4) is 0 Å². The summed E-state index contributed by atoms with van der Waals surface area (Å²) in [5, 5.41) is 17.6. The summed E-state index contributed by atoms with van der Waals surface area (Å²) < 4.78 is 6.00. The number of fused-ring (bicyclic) bond motifs is 1. The summed E-state index contributed by atoms with van der Waals surface area (Å²) in [6.45, 7) is 4.83. The highest BCUT2D eigenvalue weighted by Gasteiger charge is 2.23. The van der Waals surface area contributed by atoms with Crippen LogP contribution in [0.25, 0.3) is 10.8 Å². The van der Waals surface area contributed by atoms with Gasteiger partial charge in [-0.3, -0.25) is 0 Å². The molecule has 180 valence electrons. The van der Waals surface area contributed by atoms with Gasteiger partial charge >= 0.3 is 11.9 Å². The van der Waals surface area contributed by atoms with Gasteiger partial charge in [0.25, 0.3) is 0 Å². The number of aliphatic carboxylic acids is 2. The van der Waals surface area contributed by atoms with E-state index < -0.39 is 11.9 Å². The van der Waals surface area contributed by atoms with E-state index >= 15 is 0 Å². The zero-order chi connectivity index (χ0) is 23.5. The molecule has 0 saturated carbocycles. The Labute approximate surface area is 200 Å². The molecule has 2 N–H and O–H groups in total. The van der Waals surface area contributed by atoms with Crippen LogP contribution in [0, 0.1) is 0 Å². The van der Waals surface area contributed by atoms with Gasteiger partial charge < -0.3 is 19.8 Å². The molecule has 2 aromatic carbocycles. The number of likely N-dealkylation sites (tertiary alicyclic amines) is 1. The minimum Gasteiger partial charge on any atom is -0.473 e. The van der Waals surface area contributed by atoms with Gasteiger partial charge in [0, 0.05) is 24.7 Å². The standard InChI is InChI=1S/C24H33NOS.C2H2O4/c1-4-13-25(14-5-1)15-17-27-19-21(18-22-10-7-16-26-22)24-12-6-9-20-8-2-3-11-23(20)24;3-1(4)2(5)6/h2-3,6,8-9,11-12,21-22H,1,4-5,7,10,13-19H2;(H,3,4)(H,5,6). The van der Waals surface area contributed by atoms with Crippen LogP contribution in [-0.4, -0.2) is 70.9 Å². The summed E-state index contributed by atoms with van der Waals surface area (Å²) >= 11 is 2.14. The molecule has 2 fully saturated rings. The van der Waals surface area contributed by atoms with E-state index in [0.717, 1.165) is 6.61 Å². The molecule has 0 radical (unpaired) electrons. The van der Waals surface area contributed by atoms with Crippen LogP contribution in [0.1, 0.15) is 50.0 Å². The van der Waals surface area contributed by atoms with E-state index in [0.29, 0.717) is 12.0 Å². The second-order valence-corrected chi connectivity index (χ2v) is 9.87.